The quantitative estimate of drug-likeness (QED) is 0.110. The van der Waals surface area contributed by atoms with Crippen molar-refractivity contribution >= 4 is 23.4 Å². The molecule has 39 heavy (non-hydrogen) atoms. The summed E-state index contributed by atoms with van der Waals surface area (Å²) in [5.74, 6) is -1.76. The van der Waals surface area contributed by atoms with Gasteiger partial charge in [0.2, 0.25) is 0 Å². The van der Waals surface area contributed by atoms with Crippen molar-refractivity contribution in [1.82, 2.24) is 11.0 Å². The molecule has 3 aromatic carbocycles. The standard InChI is InChI=1S/C19H19ClFNO4.C8H8FNO3/c20-16-12-15(9-10-17(16)21)26-18(19(23)22-24)8-4-5-11-25-13-14-6-2-1-3-7-14;9-6-1-3-7(4-2-6)13-5-8(11)10-12/h1-7,9-10,12,18,24H,8,11,13H2,(H,22,23);1-4,12H,5H2,(H,10,11)/b5-4-;/t18-;/m1./s1. The van der Waals surface area contributed by atoms with Crippen molar-refractivity contribution in [3.8, 4) is 11.5 Å². The normalized spacial score (nSPS) is 11.2. The lowest BCUT2D eigenvalue weighted by molar-refractivity contribution is -0.136. The number of carbonyl (C=O) groups is 2. The highest BCUT2D eigenvalue weighted by molar-refractivity contribution is 6.30. The molecule has 3 rings (SSSR count). The van der Waals surface area contributed by atoms with E-state index in [-0.39, 0.29) is 29.6 Å². The number of nitrogens with one attached hydrogen (secondary N) is 2. The van der Waals surface area contributed by atoms with Gasteiger partial charge in [-0.1, -0.05) is 54.1 Å². The second-order valence-electron chi connectivity index (χ2n) is 7.64. The molecule has 0 spiro atoms. The molecule has 0 bridgehead atoms. The summed E-state index contributed by atoms with van der Waals surface area (Å²) in [4.78, 5) is 22.2. The monoisotopic (exact) mass is 564 g/mol. The second kappa shape index (κ2) is 17.5. The zero-order valence-corrected chi connectivity index (χ0v) is 21.3. The second-order valence-corrected chi connectivity index (χ2v) is 8.05. The first kappa shape index (κ1) is 31.2. The van der Waals surface area contributed by atoms with Crippen molar-refractivity contribution in [2.75, 3.05) is 13.2 Å². The summed E-state index contributed by atoms with van der Waals surface area (Å²) < 4.78 is 41.4. The van der Waals surface area contributed by atoms with Gasteiger partial charge in [-0.15, -0.1) is 0 Å². The maximum absolute atomic E-state index is 13.2. The molecule has 3 aromatic rings. The molecule has 0 saturated carbocycles. The van der Waals surface area contributed by atoms with Crippen LogP contribution in [0, 0.1) is 11.6 Å². The van der Waals surface area contributed by atoms with Crippen molar-refractivity contribution in [2.45, 2.75) is 19.1 Å². The highest BCUT2D eigenvalue weighted by Crippen LogP contribution is 2.22. The molecule has 0 aliphatic carbocycles. The zero-order valence-electron chi connectivity index (χ0n) is 20.6. The maximum Gasteiger partial charge on any atom is 0.284 e. The molecular weight excluding hydrogens is 538 g/mol. The SMILES string of the molecule is O=C(COc1ccc(F)cc1)NO.O=C(NO)[C@@H](C/C=C\COCc1ccccc1)Oc1ccc(F)c(Cl)c1. The van der Waals surface area contributed by atoms with E-state index in [9.17, 15) is 18.4 Å². The average Bonchev–Trinajstić information content (AvgIpc) is 2.96. The highest BCUT2D eigenvalue weighted by Gasteiger charge is 2.19. The topological polar surface area (TPSA) is 126 Å². The minimum atomic E-state index is -0.994. The number of hydroxylamine groups is 2. The molecule has 0 radical (unpaired) electrons. The first-order chi connectivity index (χ1) is 18.8. The molecule has 0 unspecified atom stereocenters. The van der Waals surface area contributed by atoms with Gasteiger partial charge in [-0.25, -0.2) is 19.7 Å². The summed E-state index contributed by atoms with van der Waals surface area (Å²) in [6.07, 6.45) is 2.65. The van der Waals surface area contributed by atoms with Gasteiger partial charge in [0, 0.05) is 12.5 Å². The van der Waals surface area contributed by atoms with Gasteiger partial charge in [-0.2, -0.15) is 0 Å². The van der Waals surface area contributed by atoms with E-state index in [1.807, 2.05) is 30.3 Å². The van der Waals surface area contributed by atoms with Crippen molar-refractivity contribution in [3.63, 3.8) is 0 Å². The lowest BCUT2D eigenvalue weighted by atomic mass is 10.2. The molecule has 208 valence electrons. The Bertz CT molecular complexity index is 1200. The first-order valence-electron chi connectivity index (χ1n) is 11.5. The zero-order chi connectivity index (χ0) is 28.5. The van der Waals surface area contributed by atoms with Gasteiger partial charge in [-0.3, -0.25) is 20.0 Å². The lowest BCUT2D eigenvalue weighted by Gasteiger charge is -2.16. The van der Waals surface area contributed by atoms with E-state index >= 15 is 0 Å². The minimum absolute atomic E-state index is 0.115. The Hall–Kier alpha value is -4.03. The fourth-order valence-corrected chi connectivity index (χ4v) is 2.98. The van der Waals surface area contributed by atoms with E-state index in [1.165, 1.54) is 41.9 Å². The summed E-state index contributed by atoms with van der Waals surface area (Å²) in [6, 6.07) is 18.7. The Labute approximate surface area is 228 Å². The van der Waals surface area contributed by atoms with Crippen LogP contribution in [0.15, 0.2) is 84.9 Å². The van der Waals surface area contributed by atoms with Gasteiger partial charge in [0.1, 0.15) is 23.1 Å². The maximum atomic E-state index is 13.2. The van der Waals surface area contributed by atoms with E-state index in [1.54, 1.807) is 17.6 Å². The van der Waals surface area contributed by atoms with Crippen molar-refractivity contribution < 1.29 is 43.0 Å². The van der Waals surface area contributed by atoms with Crippen LogP contribution >= 0.6 is 11.6 Å². The van der Waals surface area contributed by atoms with Gasteiger partial charge in [0.15, 0.2) is 12.7 Å². The summed E-state index contributed by atoms with van der Waals surface area (Å²) in [5.41, 5.74) is 4.02. The van der Waals surface area contributed by atoms with E-state index in [4.69, 9.17) is 36.2 Å². The molecule has 0 saturated heterocycles. The summed E-state index contributed by atoms with van der Waals surface area (Å²) in [5, 5.41) is 16.8. The Morgan fingerprint density at radius 3 is 2.26 bits per heavy atom. The van der Waals surface area contributed by atoms with E-state index in [0.29, 0.717) is 19.0 Å². The number of rotatable bonds is 12. The number of ether oxygens (including phenoxy) is 3. The smallest absolute Gasteiger partial charge is 0.284 e. The van der Waals surface area contributed by atoms with Crippen LogP contribution < -0.4 is 20.4 Å². The molecule has 12 heteroatoms. The first-order valence-corrected chi connectivity index (χ1v) is 11.8. The van der Waals surface area contributed by atoms with Gasteiger partial charge in [-0.05, 0) is 42.0 Å². The van der Waals surface area contributed by atoms with Gasteiger partial charge in [0.05, 0.1) is 18.2 Å². The number of hydrogen-bond donors (Lipinski definition) is 4. The summed E-state index contributed by atoms with van der Waals surface area (Å²) in [6.45, 7) is 0.545. The molecule has 2 amide bonds. The molecule has 0 aliphatic heterocycles. The Morgan fingerprint density at radius 1 is 0.923 bits per heavy atom. The van der Waals surface area contributed by atoms with Crippen LogP contribution in [-0.2, 0) is 20.9 Å². The fourth-order valence-electron chi connectivity index (χ4n) is 2.81. The fraction of sp³-hybridized carbons (Fsp3) is 0.185. The number of amides is 2. The van der Waals surface area contributed by atoms with Crippen LogP contribution in [0.2, 0.25) is 5.02 Å². The average molecular weight is 565 g/mol. The van der Waals surface area contributed by atoms with Gasteiger partial charge in [0.25, 0.3) is 11.8 Å². The molecule has 0 heterocycles. The number of hydrogen-bond acceptors (Lipinski definition) is 7. The van der Waals surface area contributed by atoms with Gasteiger partial charge < -0.3 is 14.2 Å². The van der Waals surface area contributed by atoms with Gasteiger partial charge >= 0.3 is 0 Å². The Morgan fingerprint density at radius 2 is 1.62 bits per heavy atom. The molecule has 0 aromatic heterocycles. The van der Waals surface area contributed by atoms with E-state index in [2.05, 4.69) is 0 Å². The number of benzene rings is 3. The summed E-state index contributed by atoms with van der Waals surface area (Å²) >= 11 is 5.69. The Kier molecular flexibility index (Phi) is 14.0. The van der Waals surface area contributed by atoms with Crippen LogP contribution in [0.5, 0.6) is 11.5 Å². The third kappa shape index (κ3) is 12.4. The third-order valence-electron chi connectivity index (χ3n) is 4.72. The van der Waals surface area contributed by atoms with Crippen LogP contribution in [0.25, 0.3) is 0 Å². The molecule has 9 nitrogen and oxygen atoms in total. The van der Waals surface area contributed by atoms with Crippen molar-refractivity contribution in [3.05, 3.63) is 107 Å². The molecule has 0 fully saturated rings. The molecule has 1 atom stereocenters. The number of halogens is 3. The lowest BCUT2D eigenvalue weighted by Crippen LogP contribution is -2.36. The molecular formula is C27H27ClF2N2O7. The Balaban J connectivity index is 0.000000344. The highest BCUT2D eigenvalue weighted by atomic mass is 35.5. The van der Waals surface area contributed by atoms with Crippen LogP contribution in [-0.4, -0.2) is 41.5 Å². The van der Waals surface area contributed by atoms with Crippen LogP contribution in [0.3, 0.4) is 0 Å². The largest absolute Gasteiger partial charge is 0.484 e. The summed E-state index contributed by atoms with van der Waals surface area (Å²) in [7, 11) is 0. The van der Waals surface area contributed by atoms with Crippen molar-refractivity contribution in [2.24, 2.45) is 0 Å². The third-order valence-corrected chi connectivity index (χ3v) is 5.01. The minimum Gasteiger partial charge on any atom is -0.484 e. The van der Waals surface area contributed by atoms with E-state index in [0.717, 1.165) is 11.6 Å². The van der Waals surface area contributed by atoms with E-state index < -0.39 is 23.7 Å². The van der Waals surface area contributed by atoms with Crippen LogP contribution in [0.1, 0.15) is 12.0 Å². The predicted octanol–water partition coefficient (Wildman–Crippen LogP) is 4.60. The van der Waals surface area contributed by atoms with Crippen molar-refractivity contribution in [1.29, 1.82) is 0 Å². The molecule has 4 N–H and O–H groups in total. The molecule has 0 aliphatic rings. The predicted molar refractivity (Wildman–Crippen MR) is 137 cm³/mol. The van der Waals surface area contributed by atoms with Crippen LogP contribution in [0.4, 0.5) is 8.78 Å². The number of carbonyl (C=O) groups excluding carboxylic acids is 2.